The van der Waals surface area contributed by atoms with Crippen LogP contribution in [0, 0.1) is 11.3 Å². The minimum absolute atomic E-state index is 0.0629. The fraction of sp³-hybridized carbons (Fsp3) is 0.500. The maximum atomic E-state index is 7.67. The van der Waals surface area contributed by atoms with Crippen molar-refractivity contribution in [2.75, 3.05) is 38.6 Å². The number of halogens is 1. The summed E-state index contributed by atoms with van der Waals surface area (Å²) in [7, 11) is 4.21. The van der Waals surface area contributed by atoms with E-state index in [9.17, 15) is 0 Å². The van der Waals surface area contributed by atoms with Gasteiger partial charge in [-0.15, -0.1) is 0 Å². The minimum Gasteiger partial charge on any atom is -0.384 e. The SMILES string of the molecule is CN1CCC(CN(C)c2ccc(Cl)cc2C(=N)N)C1. The molecule has 1 atom stereocenters. The quantitative estimate of drug-likeness (QED) is 0.655. The van der Waals surface area contributed by atoms with Gasteiger partial charge in [-0.05, 0) is 44.1 Å². The van der Waals surface area contributed by atoms with E-state index in [0.29, 0.717) is 16.5 Å². The van der Waals surface area contributed by atoms with E-state index in [0.717, 1.165) is 18.8 Å². The van der Waals surface area contributed by atoms with Crippen molar-refractivity contribution < 1.29 is 0 Å². The lowest BCUT2D eigenvalue weighted by atomic mass is 10.1. The van der Waals surface area contributed by atoms with Gasteiger partial charge < -0.3 is 15.5 Å². The predicted octanol–water partition coefficient (Wildman–Crippen LogP) is 2.01. The van der Waals surface area contributed by atoms with Crippen molar-refractivity contribution in [2.45, 2.75) is 6.42 Å². The van der Waals surface area contributed by atoms with Crippen molar-refractivity contribution in [3.8, 4) is 0 Å². The molecular formula is C14H21ClN4. The summed E-state index contributed by atoms with van der Waals surface area (Å²) < 4.78 is 0. The number of nitrogens with one attached hydrogen (secondary N) is 1. The Morgan fingerprint density at radius 2 is 2.32 bits per heavy atom. The molecule has 4 nitrogen and oxygen atoms in total. The van der Waals surface area contributed by atoms with Gasteiger partial charge in [0.15, 0.2) is 0 Å². The average molecular weight is 281 g/mol. The third kappa shape index (κ3) is 3.39. The van der Waals surface area contributed by atoms with Crippen LogP contribution >= 0.6 is 11.6 Å². The molecule has 0 aliphatic carbocycles. The monoisotopic (exact) mass is 280 g/mol. The number of likely N-dealkylation sites (tertiary alicyclic amines) is 1. The molecule has 1 aromatic carbocycles. The van der Waals surface area contributed by atoms with Crippen molar-refractivity contribution >= 4 is 23.1 Å². The van der Waals surface area contributed by atoms with Gasteiger partial charge in [-0.2, -0.15) is 0 Å². The molecule has 1 heterocycles. The summed E-state index contributed by atoms with van der Waals surface area (Å²) >= 11 is 5.98. The van der Waals surface area contributed by atoms with Crippen molar-refractivity contribution in [2.24, 2.45) is 11.7 Å². The molecule has 0 aromatic heterocycles. The van der Waals surface area contributed by atoms with Crippen LogP contribution in [0.2, 0.25) is 5.02 Å². The molecule has 0 spiro atoms. The van der Waals surface area contributed by atoms with E-state index in [1.54, 1.807) is 6.07 Å². The zero-order chi connectivity index (χ0) is 14.0. The molecule has 0 radical (unpaired) electrons. The lowest BCUT2D eigenvalue weighted by molar-refractivity contribution is 0.396. The van der Waals surface area contributed by atoms with Gasteiger partial charge in [0.1, 0.15) is 5.84 Å². The first kappa shape index (κ1) is 14.2. The number of benzene rings is 1. The zero-order valence-corrected chi connectivity index (χ0v) is 12.2. The highest BCUT2D eigenvalue weighted by molar-refractivity contribution is 6.31. The van der Waals surface area contributed by atoms with E-state index < -0.39 is 0 Å². The highest BCUT2D eigenvalue weighted by Gasteiger charge is 2.22. The Labute approximate surface area is 119 Å². The second kappa shape index (κ2) is 5.80. The van der Waals surface area contributed by atoms with Gasteiger partial charge in [-0.3, -0.25) is 5.41 Å². The molecular weight excluding hydrogens is 260 g/mol. The second-order valence-electron chi connectivity index (χ2n) is 5.37. The molecule has 0 bridgehead atoms. The first-order chi connectivity index (χ1) is 8.97. The van der Waals surface area contributed by atoms with E-state index in [1.807, 2.05) is 19.2 Å². The maximum Gasteiger partial charge on any atom is 0.124 e. The Balaban J connectivity index is 2.14. The van der Waals surface area contributed by atoms with Gasteiger partial charge in [0.2, 0.25) is 0 Å². The lowest BCUT2D eigenvalue weighted by Crippen LogP contribution is -2.29. The van der Waals surface area contributed by atoms with Gasteiger partial charge in [-0.25, -0.2) is 0 Å². The standard InChI is InChI=1S/C14H21ClN4/c1-18-6-5-10(8-18)9-19(2)13-4-3-11(15)7-12(13)14(16)17/h3-4,7,10H,5-6,8-9H2,1-2H3,(H3,16,17). The van der Waals surface area contributed by atoms with Crippen molar-refractivity contribution in [1.82, 2.24) is 4.90 Å². The normalized spacial score (nSPS) is 19.6. The number of nitrogens with zero attached hydrogens (tertiary/aromatic N) is 2. The third-order valence-corrected chi connectivity index (χ3v) is 3.92. The zero-order valence-electron chi connectivity index (χ0n) is 11.5. The van der Waals surface area contributed by atoms with Crippen LogP contribution < -0.4 is 10.6 Å². The summed E-state index contributed by atoms with van der Waals surface area (Å²) in [5, 5.41) is 8.28. The van der Waals surface area contributed by atoms with Crippen LogP contribution in [-0.2, 0) is 0 Å². The summed E-state index contributed by atoms with van der Waals surface area (Å²) in [6.45, 7) is 3.28. The van der Waals surface area contributed by atoms with Gasteiger partial charge in [-0.1, -0.05) is 11.6 Å². The largest absolute Gasteiger partial charge is 0.384 e. The van der Waals surface area contributed by atoms with E-state index >= 15 is 0 Å². The Morgan fingerprint density at radius 3 is 2.89 bits per heavy atom. The highest BCUT2D eigenvalue weighted by Crippen LogP contribution is 2.25. The Kier molecular flexibility index (Phi) is 4.32. The summed E-state index contributed by atoms with van der Waals surface area (Å²) in [5.41, 5.74) is 7.33. The number of hydrogen-bond donors (Lipinski definition) is 2. The molecule has 1 aliphatic heterocycles. The molecule has 0 amide bonds. The summed E-state index contributed by atoms with van der Waals surface area (Å²) in [6.07, 6.45) is 1.23. The topological polar surface area (TPSA) is 56.4 Å². The number of rotatable bonds is 4. The van der Waals surface area contributed by atoms with Crippen LogP contribution in [0.15, 0.2) is 18.2 Å². The molecule has 2 rings (SSSR count). The van der Waals surface area contributed by atoms with Gasteiger partial charge in [0.25, 0.3) is 0 Å². The van der Waals surface area contributed by atoms with Crippen molar-refractivity contribution in [1.29, 1.82) is 5.41 Å². The number of nitrogen functional groups attached to an aromatic ring is 1. The van der Waals surface area contributed by atoms with E-state index in [-0.39, 0.29) is 5.84 Å². The summed E-state index contributed by atoms with van der Waals surface area (Å²) in [5.74, 6) is 0.735. The van der Waals surface area contributed by atoms with Gasteiger partial charge in [0.05, 0.1) is 0 Å². The fourth-order valence-corrected chi connectivity index (χ4v) is 2.89. The van der Waals surface area contributed by atoms with Crippen molar-refractivity contribution in [3.05, 3.63) is 28.8 Å². The summed E-state index contributed by atoms with van der Waals surface area (Å²) in [4.78, 5) is 4.53. The van der Waals surface area contributed by atoms with Crippen LogP contribution in [0.3, 0.4) is 0 Å². The van der Waals surface area contributed by atoms with Crippen LogP contribution in [0.1, 0.15) is 12.0 Å². The first-order valence-corrected chi connectivity index (χ1v) is 6.89. The summed E-state index contributed by atoms with van der Waals surface area (Å²) in [6, 6.07) is 5.55. The molecule has 1 aliphatic rings. The fourth-order valence-electron chi connectivity index (χ4n) is 2.72. The minimum atomic E-state index is 0.0629. The number of amidine groups is 1. The molecule has 3 N–H and O–H groups in total. The smallest absolute Gasteiger partial charge is 0.124 e. The Morgan fingerprint density at radius 1 is 1.58 bits per heavy atom. The molecule has 0 saturated carbocycles. The van der Waals surface area contributed by atoms with E-state index in [4.69, 9.17) is 22.7 Å². The molecule has 5 heteroatoms. The second-order valence-corrected chi connectivity index (χ2v) is 5.81. The van der Waals surface area contributed by atoms with Crippen LogP contribution in [0.25, 0.3) is 0 Å². The number of hydrogen-bond acceptors (Lipinski definition) is 3. The number of nitrogens with two attached hydrogens (primary N) is 1. The third-order valence-electron chi connectivity index (χ3n) is 3.68. The highest BCUT2D eigenvalue weighted by atomic mass is 35.5. The first-order valence-electron chi connectivity index (χ1n) is 6.51. The van der Waals surface area contributed by atoms with E-state index in [2.05, 4.69) is 16.8 Å². The number of anilines is 1. The van der Waals surface area contributed by atoms with Crippen molar-refractivity contribution in [3.63, 3.8) is 0 Å². The average Bonchev–Trinajstić information content (AvgIpc) is 2.74. The molecule has 1 unspecified atom stereocenters. The van der Waals surface area contributed by atoms with Crippen LogP contribution in [0.5, 0.6) is 0 Å². The van der Waals surface area contributed by atoms with E-state index in [1.165, 1.54) is 13.0 Å². The lowest BCUT2D eigenvalue weighted by Gasteiger charge is -2.25. The molecule has 19 heavy (non-hydrogen) atoms. The van der Waals surface area contributed by atoms with Crippen LogP contribution in [-0.4, -0.2) is 44.5 Å². The molecule has 104 valence electrons. The maximum absolute atomic E-state index is 7.67. The van der Waals surface area contributed by atoms with Gasteiger partial charge >= 0.3 is 0 Å². The Hall–Kier alpha value is -1.26. The Bertz CT molecular complexity index is 475. The van der Waals surface area contributed by atoms with Gasteiger partial charge in [0, 0.05) is 36.4 Å². The predicted molar refractivity (Wildman–Crippen MR) is 81.3 cm³/mol. The van der Waals surface area contributed by atoms with Crippen LogP contribution in [0.4, 0.5) is 5.69 Å². The molecule has 1 aromatic rings. The molecule has 1 fully saturated rings. The molecule has 1 saturated heterocycles.